The topological polar surface area (TPSA) is 26.0 Å². The van der Waals surface area contributed by atoms with Crippen molar-refractivity contribution < 1.29 is 8.53 Å². The molecule has 0 spiro atoms. The molecule has 0 aliphatic heterocycles. The monoisotopic (exact) mass is 544 g/mol. The normalized spacial score (nSPS) is 14.3. The second-order valence-electron chi connectivity index (χ2n) is 11.3. The van der Waals surface area contributed by atoms with Crippen molar-refractivity contribution in [3.05, 3.63) is 149 Å². The maximum absolute atomic E-state index is 8.43. The fourth-order valence-corrected chi connectivity index (χ4v) is 6.32. The van der Waals surface area contributed by atoms with Crippen LogP contribution in [0, 0.1) is 6.85 Å². The van der Waals surface area contributed by atoms with Crippen LogP contribution in [0.3, 0.4) is 0 Å². The molecule has 0 N–H and O–H groups in total. The van der Waals surface area contributed by atoms with Gasteiger partial charge in [-0.05, 0) is 107 Å². The molecule has 2 heterocycles. The zero-order valence-corrected chi connectivity index (χ0v) is 23.2. The molecule has 11 rings (SSSR count). The Hall–Kier alpha value is -4.95. The molecule has 42 heavy (non-hydrogen) atoms. The van der Waals surface area contributed by atoms with E-state index in [1.807, 2.05) is 36.4 Å². The first-order chi connectivity index (χ1) is 21.9. The second kappa shape index (κ2) is 10.2. The molecule has 0 amide bonds. The van der Waals surface area contributed by atoms with Gasteiger partial charge >= 0.3 is 0 Å². The molecule has 2 aromatic heterocycles. The Morgan fingerprint density at radius 2 is 1.38 bits per heavy atom. The van der Waals surface area contributed by atoms with Crippen molar-refractivity contribution in [2.75, 3.05) is 0 Å². The number of hydrogen-bond donors (Lipinski definition) is 0. The largest absolute Gasteiger partial charge is 0.455 e. The number of pyridine rings is 1. The molecule has 7 aromatic rings. The van der Waals surface area contributed by atoms with E-state index in [0.29, 0.717) is 11.3 Å². The van der Waals surface area contributed by atoms with Crippen LogP contribution in [0.5, 0.6) is 0 Å². The predicted molar refractivity (Wildman–Crippen MR) is 174 cm³/mol. The van der Waals surface area contributed by atoms with E-state index >= 15 is 0 Å². The van der Waals surface area contributed by atoms with Crippen LogP contribution < -0.4 is 0 Å². The molecule has 5 aromatic carbocycles. The number of rotatable bonds is 3. The van der Waals surface area contributed by atoms with Crippen molar-refractivity contribution in [1.82, 2.24) is 4.98 Å². The van der Waals surface area contributed by atoms with Gasteiger partial charge in [0.05, 0.1) is 5.69 Å². The fraction of sp³-hybridized carbons (Fsp3) is 0.125. The summed E-state index contributed by atoms with van der Waals surface area (Å²) in [6, 6.07) is 40.2. The van der Waals surface area contributed by atoms with E-state index in [4.69, 9.17) is 13.5 Å². The highest BCUT2D eigenvalue weighted by Crippen LogP contribution is 2.39. The molecule has 0 fully saturated rings. The molecule has 0 unspecified atom stereocenters. The molecule has 0 atom stereocenters. The molecule has 2 heteroatoms. The number of para-hydroxylation sites is 1. The van der Waals surface area contributed by atoms with E-state index in [0.717, 1.165) is 75.4 Å². The van der Waals surface area contributed by atoms with Gasteiger partial charge in [-0.25, -0.2) is 0 Å². The van der Waals surface area contributed by atoms with Crippen LogP contribution in [0.1, 0.15) is 31.9 Å². The van der Waals surface area contributed by atoms with Crippen molar-refractivity contribution in [2.24, 2.45) is 0 Å². The maximum atomic E-state index is 8.43. The lowest BCUT2D eigenvalue weighted by atomic mass is 9.89. The summed E-state index contributed by atoms with van der Waals surface area (Å²) in [5, 5.41) is 2.04. The zero-order chi connectivity index (χ0) is 30.5. The number of furan rings is 1. The molecule has 4 bridgehead atoms. The van der Waals surface area contributed by atoms with Crippen LogP contribution in [0.2, 0.25) is 0 Å². The molecule has 4 aliphatic rings. The van der Waals surface area contributed by atoms with Gasteiger partial charge in [0.2, 0.25) is 0 Å². The van der Waals surface area contributed by atoms with Crippen molar-refractivity contribution in [3.8, 4) is 33.5 Å². The summed E-state index contributed by atoms with van der Waals surface area (Å²) in [5.74, 6) is 0. The Balaban J connectivity index is 1.28. The third kappa shape index (κ3) is 4.40. The quantitative estimate of drug-likeness (QED) is 0.221. The Labute approximate surface area is 250 Å². The van der Waals surface area contributed by atoms with E-state index in [1.165, 1.54) is 16.7 Å². The summed E-state index contributed by atoms with van der Waals surface area (Å²) in [6.07, 6.45) is 5.07. The van der Waals surface area contributed by atoms with Crippen LogP contribution in [0.4, 0.5) is 0 Å². The number of benzene rings is 5. The van der Waals surface area contributed by atoms with Crippen molar-refractivity contribution in [3.63, 3.8) is 0 Å². The molecule has 0 saturated carbocycles. The maximum Gasteiger partial charge on any atom is 0.144 e. The standard InChI is InChI=1S/C40H31NO/c1-26-25-41-38(24-36(26)37-22-29-15-14-27-10-12-28(13-11-27)16-18-31(37)19-17-29)35-9-5-8-34-33-21-20-32(23-39(33)42-40(34)35)30-6-3-2-4-7-30/h2-13,17,19-25H,14-16,18H2,1H3/i1D3. The van der Waals surface area contributed by atoms with Gasteiger partial charge in [0.25, 0.3) is 0 Å². The number of aromatic nitrogens is 1. The van der Waals surface area contributed by atoms with E-state index in [9.17, 15) is 0 Å². The van der Waals surface area contributed by atoms with Gasteiger partial charge in [-0.3, -0.25) is 4.98 Å². The zero-order valence-electron chi connectivity index (χ0n) is 26.2. The van der Waals surface area contributed by atoms with Crippen molar-refractivity contribution in [2.45, 2.75) is 32.5 Å². The Bertz CT molecular complexity index is 2190. The first-order valence-electron chi connectivity index (χ1n) is 16.1. The van der Waals surface area contributed by atoms with Crippen LogP contribution in [-0.4, -0.2) is 4.98 Å². The first-order valence-corrected chi connectivity index (χ1v) is 14.6. The summed E-state index contributed by atoms with van der Waals surface area (Å²) in [4.78, 5) is 4.75. The molecule has 2 nitrogen and oxygen atoms in total. The summed E-state index contributed by atoms with van der Waals surface area (Å²) < 4.78 is 31.8. The Morgan fingerprint density at radius 1 is 0.595 bits per heavy atom. The van der Waals surface area contributed by atoms with Gasteiger partial charge in [0.1, 0.15) is 11.2 Å². The molecule has 0 saturated heterocycles. The number of aryl methyl sites for hydroxylation is 5. The van der Waals surface area contributed by atoms with Crippen LogP contribution >= 0.6 is 0 Å². The highest BCUT2D eigenvalue weighted by Gasteiger charge is 2.17. The summed E-state index contributed by atoms with van der Waals surface area (Å²) in [5.41, 5.74) is 12.2. The minimum atomic E-state index is -2.31. The van der Waals surface area contributed by atoms with Gasteiger partial charge in [0, 0.05) is 26.6 Å². The van der Waals surface area contributed by atoms with Gasteiger partial charge in [0.15, 0.2) is 0 Å². The van der Waals surface area contributed by atoms with Crippen molar-refractivity contribution >= 4 is 21.9 Å². The summed E-state index contributed by atoms with van der Waals surface area (Å²) in [7, 11) is 0. The Morgan fingerprint density at radius 3 is 2.21 bits per heavy atom. The predicted octanol–water partition coefficient (Wildman–Crippen LogP) is 10.2. The van der Waals surface area contributed by atoms with Gasteiger partial charge in [-0.15, -0.1) is 0 Å². The van der Waals surface area contributed by atoms with E-state index in [1.54, 1.807) is 6.20 Å². The van der Waals surface area contributed by atoms with Crippen LogP contribution in [-0.2, 0) is 25.7 Å². The number of nitrogens with zero attached hydrogens (tertiary/aromatic N) is 1. The van der Waals surface area contributed by atoms with E-state index < -0.39 is 6.85 Å². The molecule has 0 radical (unpaired) electrons. The van der Waals surface area contributed by atoms with E-state index in [-0.39, 0.29) is 5.56 Å². The van der Waals surface area contributed by atoms with Crippen LogP contribution in [0.15, 0.2) is 126 Å². The SMILES string of the molecule is [2H]C([2H])([2H])c1cnc(-c2cccc3c2oc2cc(-c4ccccc4)ccc23)cc1-c1cc2ccc1CCc1ccc(cc1)CC2. The van der Waals surface area contributed by atoms with Gasteiger partial charge in [-0.2, -0.15) is 0 Å². The summed E-state index contributed by atoms with van der Waals surface area (Å²) >= 11 is 0. The lowest BCUT2D eigenvalue weighted by molar-refractivity contribution is 0.670. The smallest absolute Gasteiger partial charge is 0.144 e. The fourth-order valence-electron chi connectivity index (χ4n) is 6.32. The molecular formula is C40H31NO. The minimum absolute atomic E-state index is 0.268. The summed E-state index contributed by atoms with van der Waals surface area (Å²) in [6.45, 7) is -2.31. The van der Waals surface area contributed by atoms with Gasteiger partial charge < -0.3 is 4.42 Å². The third-order valence-corrected chi connectivity index (χ3v) is 8.66. The number of hydrogen-bond acceptors (Lipinski definition) is 2. The molecule has 202 valence electrons. The third-order valence-electron chi connectivity index (χ3n) is 8.66. The van der Waals surface area contributed by atoms with Crippen molar-refractivity contribution in [1.29, 1.82) is 0 Å². The molecular weight excluding hydrogens is 510 g/mol. The van der Waals surface area contributed by atoms with Gasteiger partial charge in [-0.1, -0.05) is 91.0 Å². The highest BCUT2D eigenvalue weighted by atomic mass is 16.3. The highest BCUT2D eigenvalue weighted by molar-refractivity contribution is 6.10. The Kier molecular flexibility index (Phi) is 5.26. The molecule has 4 aliphatic carbocycles. The lowest BCUT2D eigenvalue weighted by Crippen LogP contribution is -2.01. The minimum Gasteiger partial charge on any atom is -0.455 e. The average molecular weight is 545 g/mol. The van der Waals surface area contributed by atoms with E-state index in [2.05, 4.69) is 78.9 Å². The first kappa shape index (κ1) is 21.8. The second-order valence-corrected chi connectivity index (χ2v) is 11.3. The average Bonchev–Trinajstić information content (AvgIpc) is 3.44. The lowest BCUT2D eigenvalue weighted by Gasteiger charge is -2.17. The van der Waals surface area contributed by atoms with Crippen LogP contribution in [0.25, 0.3) is 55.4 Å². The number of fused-ring (bicyclic) bond motifs is 3.